The summed E-state index contributed by atoms with van der Waals surface area (Å²) in [6.07, 6.45) is 3.00. The second-order valence-electron chi connectivity index (χ2n) is 6.97. The Morgan fingerprint density at radius 2 is 1.87 bits per heavy atom. The van der Waals surface area contributed by atoms with Gasteiger partial charge in [0.25, 0.3) is 5.56 Å². The lowest BCUT2D eigenvalue weighted by Gasteiger charge is -2.05. The van der Waals surface area contributed by atoms with E-state index in [9.17, 15) is 9.59 Å². The molecule has 1 aliphatic rings. The van der Waals surface area contributed by atoms with Crippen molar-refractivity contribution in [1.82, 2.24) is 10.2 Å². The number of fused-ring (bicyclic) bond motifs is 1. The van der Waals surface area contributed by atoms with E-state index in [0.717, 1.165) is 17.7 Å². The van der Waals surface area contributed by atoms with Gasteiger partial charge in [0.2, 0.25) is 0 Å². The Morgan fingerprint density at radius 3 is 2.63 bits per heavy atom. The summed E-state index contributed by atoms with van der Waals surface area (Å²) in [6.45, 7) is 2.02. The highest BCUT2D eigenvalue weighted by Gasteiger charge is 2.22. The molecule has 0 spiro atoms. The number of nitrogens with zero attached hydrogens (tertiary/aromatic N) is 1. The molecule has 1 aromatic heterocycles. The molecular formula is C23H22N4O3. The van der Waals surface area contributed by atoms with Crippen LogP contribution in [0.2, 0.25) is 0 Å². The van der Waals surface area contributed by atoms with Crippen LogP contribution in [0.15, 0.2) is 64.0 Å². The standard InChI is InChI=1S/C23H22N4O3/c1-2-30-23(29)21-16-5-3-4-6-18(16)25-20(21)13-17-19(26-27-22(17)28)12-9-14-7-10-15(24)11-8-14/h3-8,10-11,13H,2,9,12,24H2,1H3,(H2,26,27,28)/b20-13+. The maximum Gasteiger partial charge on any atom is 0.341 e. The van der Waals surface area contributed by atoms with E-state index < -0.39 is 5.97 Å². The van der Waals surface area contributed by atoms with Gasteiger partial charge in [0.1, 0.15) is 0 Å². The number of nitrogens with one attached hydrogen (secondary N) is 2. The molecular weight excluding hydrogens is 380 g/mol. The number of hydrogen-bond donors (Lipinski definition) is 3. The molecule has 0 atom stereocenters. The van der Waals surface area contributed by atoms with Crippen LogP contribution in [0.4, 0.5) is 5.69 Å². The van der Waals surface area contributed by atoms with E-state index >= 15 is 0 Å². The van der Waals surface area contributed by atoms with Gasteiger partial charge in [0, 0.05) is 16.6 Å². The number of carbonyl (C=O) groups is 1. The van der Waals surface area contributed by atoms with Gasteiger partial charge in [-0.05, 0) is 49.6 Å². The Morgan fingerprint density at radius 1 is 1.10 bits per heavy atom. The summed E-state index contributed by atoms with van der Waals surface area (Å²) in [5.74, 6) is -0.451. The second-order valence-corrected chi connectivity index (χ2v) is 6.97. The summed E-state index contributed by atoms with van der Waals surface area (Å²) in [5.41, 5.74) is 9.30. The smallest absolute Gasteiger partial charge is 0.341 e. The van der Waals surface area contributed by atoms with Crippen molar-refractivity contribution in [3.63, 3.8) is 0 Å². The molecule has 0 amide bonds. The quantitative estimate of drug-likeness (QED) is 0.428. The van der Waals surface area contributed by atoms with Crippen molar-refractivity contribution in [1.29, 1.82) is 0 Å². The predicted molar refractivity (Wildman–Crippen MR) is 115 cm³/mol. The monoisotopic (exact) mass is 402 g/mol. The molecule has 7 nitrogen and oxygen atoms in total. The van der Waals surface area contributed by atoms with E-state index in [4.69, 9.17) is 10.5 Å². The van der Waals surface area contributed by atoms with Crippen LogP contribution < -0.4 is 21.9 Å². The number of H-pyrrole nitrogens is 2. The van der Waals surface area contributed by atoms with Gasteiger partial charge >= 0.3 is 5.97 Å². The third-order valence-electron chi connectivity index (χ3n) is 4.97. The van der Waals surface area contributed by atoms with Crippen molar-refractivity contribution in [2.24, 2.45) is 4.99 Å². The number of benzene rings is 2. The molecule has 2 heterocycles. The fraction of sp³-hybridized carbons (Fsp3) is 0.174. The van der Waals surface area contributed by atoms with Crippen LogP contribution in [0.25, 0.3) is 11.6 Å². The third-order valence-corrected chi connectivity index (χ3v) is 4.97. The first-order valence-corrected chi connectivity index (χ1v) is 9.78. The lowest BCUT2D eigenvalue weighted by atomic mass is 10.0. The number of nitrogens with two attached hydrogens (primary N) is 1. The molecule has 152 valence electrons. The number of rotatable bonds is 6. The Bertz CT molecular complexity index is 1300. The Kier molecular flexibility index (Phi) is 5.34. The van der Waals surface area contributed by atoms with E-state index in [1.54, 1.807) is 13.0 Å². The zero-order valence-electron chi connectivity index (χ0n) is 16.6. The molecule has 7 heteroatoms. The number of nitrogen functional groups attached to an aromatic ring is 1. The predicted octanol–water partition coefficient (Wildman–Crippen LogP) is 1.46. The Hall–Kier alpha value is -3.87. The number of aromatic nitrogens is 2. The topological polar surface area (TPSA) is 113 Å². The molecule has 0 saturated heterocycles. The van der Waals surface area contributed by atoms with Crippen molar-refractivity contribution in [2.45, 2.75) is 19.8 Å². The van der Waals surface area contributed by atoms with Crippen molar-refractivity contribution in [3.05, 3.63) is 92.0 Å². The van der Waals surface area contributed by atoms with Crippen LogP contribution in [-0.2, 0) is 22.4 Å². The zero-order valence-corrected chi connectivity index (χ0v) is 16.6. The lowest BCUT2D eigenvalue weighted by Crippen LogP contribution is -2.25. The number of anilines is 1. The molecule has 3 aromatic rings. The highest BCUT2D eigenvalue weighted by molar-refractivity contribution is 6.17. The number of aromatic amines is 2. The zero-order chi connectivity index (χ0) is 21.1. The SMILES string of the molecule is CCOC(=O)C1=c2ccccc2=N/C1=C/c1c(CCc2ccc(N)cc2)[nH][nH]c1=O. The highest BCUT2D eigenvalue weighted by atomic mass is 16.5. The highest BCUT2D eigenvalue weighted by Crippen LogP contribution is 2.20. The Balaban J connectivity index is 1.70. The summed E-state index contributed by atoms with van der Waals surface area (Å²) < 4.78 is 5.23. The van der Waals surface area contributed by atoms with Crippen LogP contribution in [0.1, 0.15) is 23.7 Å². The third kappa shape index (κ3) is 3.82. The lowest BCUT2D eigenvalue weighted by molar-refractivity contribution is -0.136. The van der Waals surface area contributed by atoms with Crippen LogP contribution in [-0.4, -0.2) is 22.8 Å². The molecule has 4 N–H and O–H groups in total. The molecule has 2 aromatic carbocycles. The average molecular weight is 402 g/mol. The van der Waals surface area contributed by atoms with Crippen molar-refractivity contribution < 1.29 is 9.53 Å². The number of carbonyl (C=O) groups excluding carboxylic acids is 1. The van der Waals surface area contributed by atoms with E-state index in [-0.39, 0.29) is 12.2 Å². The first-order valence-electron chi connectivity index (χ1n) is 9.78. The normalized spacial score (nSPS) is 13.9. The summed E-state index contributed by atoms with van der Waals surface area (Å²) in [4.78, 5) is 29.6. The van der Waals surface area contributed by atoms with Gasteiger partial charge in [-0.2, -0.15) is 0 Å². The minimum Gasteiger partial charge on any atom is -0.462 e. The number of aryl methyl sites for hydroxylation is 2. The number of esters is 1. The van der Waals surface area contributed by atoms with Gasteiger partial charge in [0.05, 0.1) is 28.8 Å². The fourth-order valence-corrected chi connectivity index (χ4v) is 3.47. The van der Waals surface area contributed by atoms with E-state index in [1.165, 1.54) is 0 Å². The number of ether oxygens (including phenoxy) is 1. The largest absolute Gasteiger partial charge is 0.462 e. The van der Waals surface area contributed by atoms with Crippen molar-refractivity contribution >= 4 is 23.3 Å². The second kappa shape index (κ2) is 8.24. The summed E-state index contributed by atoms with van der Waals surface area (Å²) >= 11 is 0. The molecule has 30 heavy (non-hydrogen) atoms. The van der Waals surface area contributed by atoms with Gasteiger partial charge < -0.3 is 15.6 Å². The van der Waals surface area contributed by atoms with Crippen LogP contribution >= 0.6 is 0 Å². The fourth-order valence-electron chi connectivity index (χ4n) is 3.47. The molecule has 0 unspecified atom stereocenters. The molecule has 0 aliphatic carbocycles. The van der Waals surface area contributed by atoms with Gasteiger partial charge in [-0.3, -0.25) is 9.89 Å². The van der Waals surface area contributed by atoms with Gasteiger partial charge in [0.15, 0.2) is 0 Å². The molecule has 0 bridgehead atoms. The van der Waals surface area contributed by atoms with E-state index in [0.29, 0.717) is 39.5 Å². The maximum absolute atomic E-state index is 12.6. The molecule has 4 rings (SSSR count). The van der Waals surface area contributed by atoms with Gasteiger partial charge in [-0.1, -0.05) is 30.3 Å². The van der Waals surface area contributed by atoms with Crippen molar-refractivity contribution in [2.75, 3.05) is 12.3 Å². The molecule has 1 aliphatic heterocycles. The maximum atomic E-state index is 12.6. The van der Waals surface area contributed by atoms with Crippen LogP contribution in [0.3, 0.4) is 0 Å². The van der Waals surface area contributed by atoms with Crippen LogP contribution in [0, 0.1) is 0 Å². The van der Waals surface area contributed by atoms with Gasteiger partial charge in [-0.25, -0.2) is 9.79 Å². The van der Waals surface area contributed by atoms with Gasteiger partial charge in [-0.15, -0.1) is 0 Å². The summed E-state index contributed by atoms with van der Waals surface area (Å²) in [6, 6.07) is 15.0. The summed E-state index contributed by atoms with van der Waals surface area (Å²) in [7, 11) is 0. The molecule has 0 saturated carbocycles. The minimum absolute atomic E-state index is 0.259. The summed E-state index contributed by atoms with van der Waals surface area (Å²) in [5, 5.41) is 6.97. The number of hydrogen-bond acceptors (Lipinski definition) is 5. The molecule has 0 fully saturated rings. The minimum atomic E-state index is -0.451. The van der Waals surface area contributed by atoms with E-state index in [2.05, 4.69) is 15.2 Å². The first-order chi connectivity index (χ1) is 14.6. The van der Waals surface area contributed by atoms with Crippen LogP contribution in [0.5, 0.6) is 0 Å². The average Bonchev–Trinajstić information content (AvgIpc) is 3.28. The van der Waals surface area contributed by atoms with Crippen molar-refractivity contribution in [3.8, 4) is 0 Å². The first kappa shape index (κ1) is 19.4. The van der Waals surface area contributed by atoms with E-state index in [1.807, 2.05) is 48.5 Å². The Labute approximate surface area is 172 Å². The molecule has 0 radical (unpaired) electrons. The number of para-hydroxylation sites is 1.